The summed E-state index contributed by atoms with van der Waals surface area (Å²) in [6, 6.07) is 0. The first kappa shape index (κ1) is 10.9. The molecule has 0 rings (SSSR count). The van der Waals surface area contributed by atoms with Crippen molar-refractivity contribution in [2.75, 3.05) is 39.8 Å². The average Bonchev–Trinajstić information content (AvgIpc) is 2.03. The third-order valence-corrected chi connectivity index (χ3v) is 1.51. The molecule has 0 amide bonds. The number of hydrogen-bond donors (Lipinski definition) is 3. The maximum atomic E-state index is 3.34. The van der Waals surface area contributed by atoms with E-state index in [9.17, 15) is 0 Å². The monoisotopic (exact) mass is 159 g/mol. The van der Waals surface area contributed by atoms with Gasteiger partial charge in [0.2, 0.25) is 0 Å². The summed E-state index contributed by atoms with van der Waals surface area (Å²) in [6.45, 7) is 7.59. The van der Waals surface area contributed by atoms with Gasteiger partial charge in [0.25, 0.3) is 0 Å². The summed E-state index contributed by atoms with van der Waals surface area (Å²) < 4.78 is 0. The Bertz CT molecular complexity index is 58.4. The van der Waals surface area contributed by atoms with Gasteiger partial charge in [0, 0.05) is 13.1 Å². The van der Waals surface area contributed by atoms with Crippen molar-refractivity contribution in [1.82, 2.24) is 16.0 Å². The first-order valence-electron chi connectivity index (χ1n) is 4.47. The molecule has 3 N–H and O–H groups in total. The minimum atomic E-state index is 1.06. The molecule has 0 heterocycles. The molecule has 0 aromatic heterocycles. The molecule has 3 heteroatoms. The zero-order valence-electron chi connectivity index (χ0n) is 7.74. The minimum Gasteiger partial charge on any atom is -0.318 e. The van der Waals surface area contributed by atoms with Crippen LogP contribution >= 0.6 is 0 Å². The third kappa shape index (κ3) is 9.88. The fourth-order valence-electron chi connectivity index (χ4n) is 0.854. The summed E-state index contributed by atoms with van der Waals surface area (Å²) >= 11 is 0. The van der Waals surface area contributed by atoms with Gasteiger partial charge in [0.05, 0.1) is 0 Å². The van der Waals surface area contributed by atoms with E-state index in [-0.39, 0.29) is 0 Å². The van der Waals surface area contributed by atoms with Crippen molar-refractivity contribution in [2.45, 2.75) is 13.3 Å². The predicted molar refractivity (Wildman–Crippen MR) is 50.0 cm³/mol. The van der Waals surface area contributed by atoms with Crippen molar-refractivity contribution in [1.29, 1.82) is 0 Å². The molecular formula is C8H21N3. The second kappa shape index (κ2) is 9.88. The van der Waals surface area contributed by atoms with Crippen LogP contribution in [0.4, 0.5) is 0 Å². The lowest BCUT2D eigenvalue weighted by Crippen LogP contribution is -2.27. The molecule has 0 aliphatic carbocycles. The molecule has 0 saturated heterocycles. The van der Waals surface area contributed by atoms with Crippen LogP contribution < -0.4 is 16.0 Å². The second-order valence-corrected chi connectivity index (χ2v) is 2.56. The Balaban J connectivity index is 2.69. The fourth-order valence-corrected chi connectivity index (χ4v) is 0.854. The second-order valence-electron chi connectivity index (χ2n) is 2.56. The van der Waals surface area contributed by atoms with E-state index in [4.69, 9.17) is 0 Å². The van der Waals surface area contributed by atoms with E-state index in [0.29, 0.717) is 0 Å². The van der Waals surface area contributed by atoms with Gasteiger partial charge in [0.15, 0.2) is 0 Å². The SMILES string of the molecule is CCNCCCNCCNC. The Morgan fingerprint density at radius 2 is 1.64 bits per heavy atom. The van der Waals surface area contributed by atoms with E-state index in [1.165, 1.54) is 6.42 Å². The highest BCUT2D eigenvalue weighted by Gasteiger charge is 1.85. The molecule has 0 bridgehead atoms. The first-order valence-corrected chi connectivity index (χ1v) is 4.47. The van der Waals surface area contributed by atoms with Crippen LogP contribution in [-0.2, 0) is 0 Å². The van der Waals surface area contributed by atoms with Crippen molar-refractivity contribution in [3.05, 3.63) is 0 Å². The number of nitrogens with one attached hydrogen (secondary N) is 3. The minimum absolute atomic E-state index is 1.06. The molecule has 0 aliphatic rings. The van der Waals surface area contributed by atoms with Gasteiger partial charge in [0.1, 0.15) is 0 Å². The molecule has 0 atom stereocenters. The molecule has 3 nitrogen and oxygen atoms in total. The summed E-state index contributed by atoms with van der Waals surface area (Å²) in [5, 5.41) is 9.72. The molecule has 0 aliphatic heterocycles. The molecule has 0 unspecified atom stereocenters. The zero-order valence-corrected chi connectivity index (χ0v) is 7.74. The van der Waals surface area contributed by atoms with E-state index in [1.807, 2.05) is 7.05 Å². The molecule has 0 spiro atoms. The van der Waals surface area contributed by atoms with Crippen molar-refractivity contribution in [3.63, 3.8) is 0 Å². The lowest BCUT2D eigenvalue weighted by molar-refractivity contribution is 0.595. The van der Waals surface area contributed by atoms with E-state index >= 15 is 0 Å². The normalized spacial score (nSPS) is 10.4. The predicted octanol–water partition coefficient (Wildman–Crippen LogP) is -0.205. The van der Waals surface area contributed by atoms with Crippen LogP contribution in [0.25, 0.3) is 0 Å². The van der Waals surface area contributed by atoms with Gasteiger partial charge in [-0.3, -0.25) is 0 Å². The van der Waals surface area contributed by atoms with Crippen LogP contribution in [0.1, 0.15) is 13.3 Å². The largest absolute Gasteiger partial charge is 0.318 e. The first-order chi connectivity index (χ1) is 5.41. The molecule has 68 valence electrons. The molecule has 0 fully saturated rings. The highest BCUT2D eigenvalue weighted by Crippen LogP contribution is 1.71. The lowest BCUT2D eigenvalue weighted by Gasteiger charge is -2.03. The van der Waals surface area contributed by atoms with Crippen molar-refractivity contribution < 1.29 is 0 Å². The van der Waals surface area contributed by atoms with Gasteiger partial charge >= 0.3 is 0 Å². The van der Waals surface area contributed by atoms with E-state index in [1.54, 1.807) is 0 Å². The average molecular weight is 159 g/mol. The number of likely N-dealkylation sites (N-methyl/N-ethyl adjacent to an activating group) is 1. The van der Waals surface area contributed by atoms with Crippen LogP contribution in [-0.4, -0.2) is 39.8 Å². The van der Waals surface area contributed by atoms with Gasteiger partial charge in [-0.25, -0.2) is 0 Å². The molecule has 11 heavy (non-hydrogen) atoms. The molecule has 0 saturated carbocycles. The van der Waals surface area contributed by atoms with Crippen LogP contribution in [0.2, 0.25) is 0 Å². The highest BCUT2D eigenvalue weighted by molar-refractivity contribution is 4.51. The van der Waals surface area contributed by atoms with Gasteiger partial charge in [-0.2, -0.15) is 0 Å². The van der Waals surface area contributed by atoms with E-state index in [2.05, 4.69) is 22.9 Å². The van der Waals surface area contributed by atoms with Gasteiger partial charge in [-0.1, -0.05) is 6.92 Å². The quantitative estimate of drug-likeness (QED) is 0.429. The van der Waals surface area contributed by atoms with Crippen molar-refractivity contribution >= 4 is 0 Å². The summed E-state index contributed by atoms with van der Waals surface area (Å²) in [5.74, 6) is 0. The lowest BCUT2D eigenvalue weighted by atomic mass is 10.4. The molecule has 0 aromatic rings. The van der Waals surface area contributed by atoms with Crippen molar-refractivity contribution in [3.8, 4) is 0 Å². The van der Waals surface area contributed by atoms with E-state index < -0.39 is 0 Å². The van der Waals surface area contributed by atoms with E-state index in [0.717, 1.165) is 32.7 Å². The summed E-state index contributed by atoms with van der Waals surface area (Å²) in [4.78, 5) is 0. The standard InChI is InChI=1S/C8H21N3/c1-3-10-5-4-6-11-8-7-9-2/h9-11H,3-8H2,1-2H3. The van der Waals surface area contributed by atoms with Crippen LogP contribution in [0.3, 0.4) is 0 Å². The molecule has 0 aromatic carbocycles. The Morgan fingerprint density at radius 1 is 0.909 bits per heavy atom. The highest BCUT2D eigenvalue weighted by atomic mass is 14.9. The third-order valence-electron chi connectivity index (χ3n) is 1.51. The summed E-state index contributed by atoms with van der Waals surface area (Å²) in [6.07, 6.45) is 1.22. The van der Waals surface area contributed by atoms with Crippen LogP contribution in [0.5, 0.6) is 0 Å². The Kier molecular flexibility index (Phi) is 9.77. The Hall–Kier alpha value is -0.120. The maximum absolute atomic E-state index is 3.34. The number of rotatable bonds is 8. The fraction of sp³-hybridized carbons (Fsp3) is 1.00. The smallest absolute Gasteiger partial charge is 0.00766 e. The van der Waals surface area contributed by atoms with Crippen LogP contribution in [0.15, 0.2) is 0 Å². The molecule has 0 radical (unpaired) electrons. The Labute approximate surface area is 69.9 Å². The van der Waals surface area contributed by atoms with Crippen LogP contribution in [0, 0.1) is 0 Å². The topological polar surface area (TPSA) is 36.1 Å². The Morgan fingerprint density at radius 3 is 2.27 bits per heavy atom. The zero-order chi connectivity index (χ0) is 8.36. The van der Waals surface area contributed by atoms with Gasteiger partial charge < -0.3 is 16.0 Å². The van der Waals surface area contributed by atoms with Gasteiger partial charge in [-0.05, 0) is 33.1 Å². The maximum Gasteiger partial charge on any atom is 0.00766 e. The summed E-state index contributed by atoms with van der Waals surface area (Å²) in [5.41, 5.74) is 0. The summed E-state index contributed by atoms with van der Waals surface area (Å²) in [7, 11) is 1.97. The molecular weight excluding hydrogens is 138 g/mol. The van der Waals surface area contributed by atoms with Crippen molar-refractivity contribution in [2.24, 2.45) is 0 Å². The van der Waals surface area contributed by atoms with Gasteiger partial charge in [-0.15, -0.1) is 0 Å². The number of hydrogen-bond acceptors (Lipinski definition) is 3.